The van der Waals surface area contributed by atoms with Crippen molar-refractivity contribution in [3.05, 3.63) is 17.0 Å². The van der Waals surface area contributed by atoms with Crippen molar-refractivity contribution in [1.82, 2.24) is 14.9 Å². The quantitative estimate of drug-likeness (QED) is 0.844. The van der Waals surface area contributed by atoms with Gasteiger partial charge in [-0.05, 0) is 36.7 Å². The first-order valence-corrected chi connectivity index (χ1v) is 6.40. The van der Waals surface area contributed by atoms with Crippen molar-refractivity contribution in [3.8, 4) is 0 Å². The maximum atomic E-state index is 12.0. The van der Waals surface area contributed by atoms with Crippen molar-refractivity contribution >= 4 is 27.7 Å². The smallest absolute Gasteiger partial charge is 0.244 e. The molecule has 0 aromatic carbocycles. The molecule has 1 heterocycles. The summed E-state index contributed by atoms with van der Waals surface area (Å²) in [5.41, 5.74) is 0. The highest BCUT2D eigenvalue weighted by Crippen LogP contribution is 2.11. The minimum absolute atomic E-state index is 0.0738. The van der Waals surface area contributed by atoms with Crippen LogP contribution in [0.1, 0.15) is 20.8 Å². The first-order chi connectivity index (χ1) is 8.08. The number of hydrogen-bond donors (Lipinski definition) is 1. The van der Waals surface area contributed by atoms with Gasteiger partial charge >= 0.3 is 0 Å². The average molecular weight is 301 g/mol. The summed E-state index contributed by atoms with van der Waals surface area (Å²) in [5.74, 6) is 0.713. The zero-order valence-electron chi connectivity index (χ0n) is 10.3. The molecule has 6 heteroatoms. The topological polar surface area (TPSA) is 58.1 Å². The van der Waals surface area contributed by atoms with E-state index < -0.39 is 0 Å². The fourth-order valence-corrected chi connectivity index (χ4v) is 1.81. The summed E-state index contributed by atoms with van der Waals surface area (Å²) in [7, 11) is 0. The van der Waals surface area contributed by atoms with E-state index in [4.69, 9.17) is 0 Å². The van der Waals surface area contributed by atoms with Crippen LogP contribution in [0.5, 0.6) is 0 Å². The first kappa shape index (κ1) is 13.9. The van der Waals surface area contributed by atoms with E-state index in [1.807, 2.05) is 20.8 Å². The SMILES string of the molecule is CCN(CC)C(=O)C(C)Nc1cc(Br)ncn1. The highest BCUT2D eigenvalue weighted by atomic mass is 79.9. The van der Waals surface area contributed by atoms with Crippen LogP contribution in [0.25, 0.3) is 0 Å². The number of amides is 1. The van der Waals surface area contributed by atoms with Gasteiger partial charge < -0.3 is 10.2 Å². The Hall–Kier alpha value is -1.17. The van der Waals surface area contributed by atoms with Gasteiger partial charge in [-0.2, -0.15) is 0 Å². The van der Waals surface area contributed by atoms with Crippen molar-refractivity contribution in [2.75, 3.05) is 18.4 Å². The van der Waals surface area contributed by atoms with Crippen molar-refractivity contribution in [3.63, 3.8) is 0 Å². The standard InChI is InChI=1S/C11H17BrN4O/c1-4-16(5-2)11(17)8(3)15-10-6-9(12)13-7-14-10/h6-8H,4-5H2,1-3H3,(H,13,14,15). The van der Waals surface area contributed by atoms with E-state index in [-0.39, 0.29) is 11.9 Å². The number of rotatable bonds is 5. The van der Waals surface area contributed by atoms with Gasteiger partial charge in [0.05, 0.1) is 0 Å². The largest absolute Gasteiger partial charge is 0.358 e. The average Bonchev–Trinajstić information content (AvgIpc) is 2.30. The van der Waals surface area contributed by atoms with E-state index in [9.17, 15) is 4.79 Å². The van der Waals surface area contributed by atoms with Crippen LogP contribution in [0.4, 0.5) is 5.82 Å². The lowest BCUT2D eigenvalue weighted by molar-refractivity contribution is -0.131. The molecule has 1 rings (SSSR count). The summed E-state index contributed by atoms with van der Waals surface area (Å²) >= 11 is 3.26. The highest BCUT2D eigenvalue weighted by molar-refractivity contribution is 9.10. The maximum absolute atomic E-state index is 12.0. The molecular weight excluding hydrogens is 284 g/mol. The number of aromatic nitrogens is 2. The Labute approximate surface area is 110 Å². The van der Waals surface area contributed by atoms with Gasteiger partial charge in [-0.3, -0.25) is 4.79 Å². The fourth-order valence-electron chi connectivity index (χ4n) is 1.51. The molecule has 0 aliphatic heterocycles. The molecule has 94 valence electrons. The lowest BCUT2D eigenvalue weighted by Crippen LogP contribution is -2.41. The molecule has 0 bridgehead atoms. The molecule has 0 fully saturated rings. The number of anilines is 1. The van der Waals surface area contributed by atoms with Crippen molar-refractivity contribution in [2.45, 2.75) is 26.8 Å². The lowest BCUT2D eigenvalue weighted by Gasteiger charge is -2.23. The van der Waals surface area contributed by atoms with Crippen LogP contribution >= 0.6 is 15.9 Å². The number of nitrogens with zero attached hydrogens (tertiary/aromatic N) is 3. The van der Waals surface area contributed by atoms with Crippen LogP contribution in [-0.2, 0) is 4.79 Å². The van der Waals surface area contributed by atoms with Gasteiger partial charge in [-0.1, -0.05) is 0 Å². The van der Waals surface area contributed by atoms with Gasteiger partial charge in [-0.25, -0.2) is 9.97 Å². The molecule has 0 aliphatic carbocycles. The number of nitrogens with one attached hydrogen (secondary N) is 1. The molecule has 1 amide bonds. The molecule has 0 radical (unpaired) electrons. The van der Waals surface area contributed by atoms with Gasteiger partial charge in [0.1, 0.15) is 22.8 Å². The van der Waals surface area contributed by atoms with Crippen LogP contribution in [0, 0.1) is 0 Å². The number of likely N-dealkylation sites (N-methyl/N-ethyl adjacent to an activating group) is 1. The summed E-state index contributed by atoms with van der Waals surface area (Å²) in [6, 6.07) is 1.45. The van der Waals surface area contributed by atoms with E-state index in [1.165, 1.54) is 6.33 Å². The number of carbonyl (C=O) groups is 1. The predicted molar refractivity (Wildman–Crippen MR) is 70.7 cm³/mol. The highest BCUT2D eigenvalue weighted by Gasteiger charge is 2.18. The monoisotopic (exact) mass is 300 g/mol. The van der Waals surface area contributed by atoms with Crippen molar-refractivity contribution in [1.29, 1.82) is 0 Å². The van der Waals surface area contributed by atoms with Gasteiger partial charge in [0.15, 0.2) is 0 Å². The van der Waals surface area contributed by atoms with Crippen LogP contribution in [-0.4, -0.2) is 39.9 Å². The zero-order chi connectivity index (χ0) is 12.8. The molecule has 0 aliphatic rings. The predicted octanol–water partition coefficient (Wildman–Crippen LogP) is 1.91. The molecule has 17 heavy (non-hydrogen) atoms. The maximum Gasteiger partial charge on any atom is 0.244 e. The summed E-state index contributed by atoms with van der Waals surface area (Å²) in [6.45, 7) is 7.20. The number of hydrogen-bond acceptors (Lipinski definition) is 4. The van der Waals surface area contributed by atoms with E-state index >= 15 is 0 Å². The van der Waals surface area contributed by atoms with Crippen LogP contribution in [0.2, 0.25) is 0 Å². The fraction of sp³-hybridized carbons (Fsp3) is 0.545. The molecule has 1 N–H and O–H groups in total. The van der Waals surface area contributed by atoms with Crippen LogP contribution < -0.4 is 5.32 Å². The van der Waals surface area contributed by atoms with Gasteiger partial charge in [0.2, 0.25) is 5.91 Å². The molecular formula is C11H17BrN4O. The first-order valence-electron chi connectivity index (χ1n) is 5.61. The molecule has 0 saturated heterocycles. The van der Waals surface area contributed by atoms with E-state index in [1.54, 1.807) is 11.0 Å². The summed E-state index contributed by atoms with van der Waals surface area (Å²) in [6.07, 6.45) is 1.45. The molecule has 1 aromatic rings. The third-order valence-corrected chi connectivity index (χ3v) is 2.88. The minimum Gasteiger partial charge on any atom is -0.358 e. The Kier molecular flexibility index (Phi) is 5.34. The Morgan fingerprint density at radius 1 is 1.47 bits per heavy atom. The molecule has 0 spiro atoms. The minimum atomic E-state index is -0.295. The van der Waals surface area contributed by atoms with E-state index in [2.05, 4.69) is 31.2 Å². The summed E-state index contributed by atoms with van der Waals surface area (Å²) < 4.78 is 0.692. The summed E-state index contributed by atoms with van der Waals surface area (Å²) in [4.78, 5) is 21.8. The van der Waals surface area contributed by atoms with Crippen LogP contribution in [0.3, 0.4) is 0 Å². The Morgan fingerprint density at radius 3 is 2.65 bits per heavy atom. The van der Waals surface area contributed by atoms with Gasteiger partial charge in [-0.15, -0.1) is 0 Å². The molecule has 1 aromatic heterocycles. The van der Waals surface area contributed by atoms with Gasteiger partial charge in [0, 0.05) is 19.2 Å². The second-order valence-corrected chi connectivity index (χ2v) is 4.42. The third kappa shape index (κ3) is 3.96. The zero-order valence-corrected chi connectivity index (χ0v) is 11.9. The van der Waals surface area contributed by atoms with Gasteiger partial charge in [0.25, 0.3) is 0 Å². The number of halogens is 1. The van der Waals surface area contributed by atoms with E-state index in [0.29, 0.717) is 10.4 Å². The molecule has 5 nitrogen and oxygen atoms in total. The normalized spacial score (nSPS) is 12.0. The van der Waals surface area contributed by atoms with Crippen molar-refractivity contribution < 1.29 is 4.79 Å². The summed E-state index contributed by atoms with van der Waals surface area (Å²) in [5, 5.41) is 3.06. The molecule has 0 saturated carbocycles. The van der Waals surface area contributed by atoms with Crippen LogP contribution in [0.15, 0.2) is 17.0 Å². The second-order valence-electron chi connectivity index (χ2n) is 3.60. The number of carbonyl (C=O) groups excluding carboxylic acids is 1. The third-order valence-electron chi connectivity index (χ3n) is 2.44. The Morgan fingerprint density at radius 2 is 2.12 bits per heavy atom. The molecule has 1 unspecified atom stereocenters. The Balaban J connectivity index is 2.65. The van der Waals surface area contributed by atoms with Crippen molar-refractivity contribution in [2.24, 2.45) is 0 Å². The second kappa shape index (κ2) is 6.54. The lowest BCUT2D eigenvalue weighted by atomic mass is 10.3. The molecule has 1 atom stereocenters. The van der Waals surface area contributed by atoms with E-state index in [0.717, 1.165) is 13.1 Å². The Bertz CT molecular complexity index is 381.